The zero-order valence-electron chi connectivity index (χ0n) is 12.6. The molecule has 1 aliphatic rings. The van der Waals surface area contributed by atoms with Gasteiger partial charge >= 0.3 is 0 Å². The van der Waals surface area contributed by atoms with Crippen molar-refractivity contribution in [2.24, 2.45) is 0 Å². The summed E-state index contributed by atoms with van der Waals surface area (Å²) < 4.78 is 0.761. The summed E-state index contributed by atoms with van der Waals surface area (Å²) in [5, 5.41) is 9.28. The van der Waals surface area contributed by atoms with E-state index in [1.54, 1.807) is 0 Å². The molecule has 0 radical (unpaired) electrons. The number of rotatable bonds is 5. The molecular formula is C18H17NOS2. The standard InChI is InChI=1S/C18H17NOS2/c1-21-18(22-2)16(12-19)17(20)15-10-8-14(9-11-15)13-6-4-3-5-7-13/h3-6,8-11,13H,7H2,1-2H3. The Morgan fingerprint density at radius 3 is 2.36 bits per heavy atom. The third-order valence-electron chi connectivity index (χ3n) is 3.50. The Kier molecular flexibility index (Phi) is 6.11. The van der Waals surface area contributed by atoms with Crippen LogP contribution in [0.25, 0.3) is 0 Å². The number of carbonyl (C=O) groups excluding carboxylic acids is 1. The maximum atomic E-state index is 12.5. The molecule has 0 bridgehead atoms. The molecule has 4 heteroatoms. The van der Waals surface area contributed by atoms with Crippen molar-refractivity contribution in [2.45, 2.75) is 12.3 Å². The van der Waals surface area contributed by atoms with Gasteiger partial charge in [-0.1, -0.05) is 48.6 Å². The molecule has 0 saturated carbocycles. The molecule has 0 fully saturated rings. The zero-order chi connectivity index (χ0) is 15.9. The van der Waals surface area contributed by atoms with E-state index in [-0.39, 0.29) is 11.4 Å². The quantitative estimate of drug-likeness (QED) is 0.437. The highest BCUT2D eigenvalue weighted by molar-refractivity contribution is 8.21. The lowest BCUT2D eigenvalue weighted by Crippen LogP contribution is -2.04. The number of benzene rings is 1. The van der Waals surface area contributed by atoms with Crippen LogP contribution in [0.15, 0.2) is 58.4 Å². The molecule has 112 valence electrons. The van der Waals surface area contributed by atoms with Gasteiger partial charge in [-0.25, -0.2) is 0 Å². The van der Waals surface area contributed by atoms with Gasteiger partial charge in [-0.2, -0.15) is 5.26 Å². The molecule has 0 saturated heterocycles. The molecule has 1 aromatic rings. The van der Waals surface area contributed by atoms with E-state index in [4.69, 9.17) is 0 Å². The summed E-state index contributed by atoms with van der Waals surface area (Å²) in [5.41, 5.74) is 1.99. The van der Waals surface area contributed by atoms with E-state index >= 15 is 0 Å². The minimum absolute atomic E-state index is 0.202. The van der Waals surface area contributed by atoms with Crippen LogP contribution in [0.5, 0.6) is 0 Å². The first-order valence-electron chi connectivity index (χ1n) is 6.91. The molecular weight excluding hydrogens is 310 g/mol. The van der Waals surface area contributed by atoms with E-state index in [9.17, 15) is 10.1 Å². The average Bonchev–Trinajstić information content (AvgIpc) is 2.60. The normalized spacial score (nSPS) is 16.1. The van der Waals surface area contributed by atoms with Crippen LogP contribution in [0.3, 0.4) is 0 Å². The van der Waals surface area contributed by atoms with Gasteiger partial charge in [0.15, 0.2) is 0 Å². The number of Topliss-reactive ketones (excluding diaryl/α,β-unsaturated/α-hetero) is 1. The number of nitrogens with zero attached hydrogens (tertiary/aromatic N) is 1. The van der Waals surface area contributed by atoms with Gasteiger partial charge in [0.2, 0.25) is 5.78 Å². The molecule has 1 aliphatic carbocycles. The van der Waals surface area contributed by atoms with E-state index in [0.717, 1.165) is 10.7 Å². The van der Waals surface area contributed by atoms with Crippen LogP contribution in [0, 0.1) is 11.3 Å². The predicted molar refractivity (Wildman–Crippen MR) is 96.1 cm³/mol. The first kappa shape index (κ1) is 16.7. The van der Waals surface area contributed by atoms with Gasteiger partial charge in [0.1, 0.15) is 11.6 Å². The monoisotopic (exact) mass is 327 g/mol. The summed E-state index contributed by atoms with van der Waals surface area (Å²) in [7, 11) is 0. The van der Waals surface area contributed by atoms with E-state index in [1.165, 1.54) is 29.1 Å². The molecule has 0 spiro atoms. The van der Waals surface area contributed by atoms with E-state index < -0.39 is 0 Å². The smallest absolute Gasteiger partial charge is 0.205 e. The molecule has 2 nitrogen and oxygen atoms in total. The van der Waals surface area contributed by atoms with Crippen LogP contribution in [0.1, 0.15) is 28.3 Å². The van der Waals surface area contributed by atoms with Gasteiger partial charge in [0.25, 0.3) is 0 Å². The summed E-state index contributed by atoms with van der Waals surface area (Å²) in [4.78, 5) is 12.5. The molecule has 1 unspecified atom stereocenters. The Balaban J connectivity index is 2.25. The van der Waals surface area contributed by atoms with E-state index in [2.05, 4.69) is 12.2 Å². The molecule has 0 amide bonds. The number of hydrogen-bond donors (Lipinski definition) is 0. The Morgan fingerprint density at radius 1 is 1.18 bits per heavy atom. The third-order valence-corrected chi connectivity index (χ3v) is 5.65. The Hall–Kier alpha value is -1.70. The van der Waals surface area contributed by atoms with Crippen molar-refractivity contribution < 1.29 is 4.79 Å². The topological polar surface area (TPSA) is 40.9 Å². The molecule has 1 atom stereocenters. The molecule has 1 aromatic carbocycles. The summed E-state index contributed by atoms with van der Waals surface area (Å²) in [6.07, 6.45) is 13.1. The second kappa shape index (κ2) is 8.07. The number of hydrogen-bond acceptors (Lipinski definition) is 4. The second-order valence-corrected chi connectivity index (χ2v) is 6.68. The minimum atomic E-state index is -0.202. The Morgan fingerprint density at radius 2 is 1.86 bits per heavy atom. The molecule has 22 heavy (non-hydrogen) atoms. The fourth-order valence-electron chi connectivity index (χ4n) is 2.33. The Bertz CT molecular complexity index is 672. The van der Waals surface area contributed by atoms with E-state index in [1.807, 2.05) is 55.0 Å². The molecule has 0 aromatic heterocycles. The van der Waals surface area contributed by atoms with Gasteiger partial charge in [-0.3, -0.25) is 4.79 Å². The lowest BCUT2D eigenvalue weighted by atomic mass is 9.91. The van der Waals surface area contributed by atoms with Crippen molar-refractivity contribution in [3.05, 3.63) is 69.5 Å². The number of carbonyl (C=O) groups is 1. The highest BCUT2D eigenvalue weighted by Gasteiger charge is 2.17. The summed E-state index contributed by atoms with van der Waals surface area (Å²) in [6, 6.07) is 9.65. The lowest BCUT2D eigenvalue weighted by Gasteiger charge is -2.13. The molecule has 2 rings (SSSR count). The average molecular weight is 327 g/mol. The third kappa shape index (κ3) is 3.73. The van der Waals surface area contributed by atoms with Gasteiger partial charge < -0.3 is 0 Å². The first-order valence-corrected chi connectivity index (χ1v) is 9.36. The number of allylic oxidation sites excluding steroid dienone is 5. The van der Waals surface area contributed by atoms with Crippen molar-refractivity contribution in [3.63, 3.8) is 0 Å². The van der Waals surface area contributed by atoms with Crippen molar-refractivity contribution >= 4 is 29.3 Å². The van der Waals surface area contributed by atoms with Gasteiger partial charge in [-0.05, 0) is 24.5 Å². The summed E-state index contributed by atoms with van der Waals surface area (Å²) in [6.45, 7) is 0. The van der Waals surface area contributed by atoms with Crippen LogP contribution in [-0.4, -0.2) is 18.3 Å². The van der Waals surface area contributed by atoms with Gasteiger partial charge in [0.05, 0.1) is 4.24 Å². The van der Waals surface area contributed by atoms with Crippen molar-refractivity contribution in [1.82, 2.24) is 0 Å². The number of ketones is 1. The fourth-order valence-corrected chi connectivity index (χ4v) is 3.68. The lowest BCUT2D eigenvalue weighted by molar-refractivity contribution is 0.103. The molecule has 0 aliphatic heterocycles. The predicted octanol–water partition coefficient (Wildman–Crippen LogP) is 4.93. The summed E-state index contributed by atoms with van der Waals surface area (Å²) >= 11 is 2.87. The number of thioether (sulfide) groups is 2. The van der Waals surface area contributed by atoms with Crippen LogP contribution < -0.4 is 0 Å². The molecule has 0 heterocycles. The van der Waals surface area contributed by atoms with Crippen LogP contribution in [0.4, 0.5) is 0 Å². The van der Waals surface area contributed by atoms with E-state index in [0.29, 0.717) is 11.5 Å². The maximum absolute atomic E-state index is 12.5. The van der Waals surface area contributed by atoms with Crippen molar-refractivity contribution in [1.29, 1.82) is 5.26 Å². The van der Waals surface area contributed by atoms with Crippen LogP contribution in [-0.2, 0) is 0 Å². The number of nitriles is 1. The van der Waals surface area contributed by atoms with Crippen LogP contribution >= 0.6 is 23.5 Å². The van der Waals surface area contributed by atoms with Crippen molar-refractivity contribution in [2.75, 3.05) is 12.5 Å². The van der Waals surface area contributed by atoms with Gasteiger partial charge in [-0.15, -0.1) is 23.5 Å². The summed E-state index contributed by atoms with van der Waals surface area (Å²) in [5.74, 6) is 0.167. The highest BCUT2D eigenvalue weighted by Crippen LogP contribution is 2.30. The second-order valence-electron chi connectivity index (χ2n) is 4.79. The maximum Gasteiger partial charge on any atom is 0.205 e. The molecule has 0 N–H and O–H groups in total. The van der Waals surface area contributed by atoms with Gasteiger partial charge in [0, 0.05) is 11.5 Å². The SMILES string of the molecule is CSC(SC)=C(C#N)C(=O)c1ccc(C2C=CC=CC2)cc1. The Labute approximate surface area is 140 Å². The minimum Gasteiger partial charge on any atom is -0.288 e. The fraction of sp³-hybridized carbons (Fsp3) is 0.222. The first-order chi connectivity index (χ1) is 10.7. The largest absolute Gasteiger partial charge is 0.288 e. The van der Waals surface area contributed by atoms with Crippen molar-refractivity contribution in [3.8, 4) is 6.07 Å². The highest BCUT2D eigenvalue weighted by atomic mass is 32.2. The van der Waals surface area contributed by atoms with Crippen LogP contribution in [0.2, 0.25) is 0 Å². The zero-order valence-corrected chi connectivity index (χ0v) is 14.2.